The number of aryl methyl sites for hydroxylation is 1. The molecule has 3 aromatic rings. The number of ether oxygens (including phenoxy) is 2. The van der Waals surface area contributed by atoms with Crippen LogP contribution >= 0.6 is 11.3 Å². The lowest BCUT2D eigenvalue weighted by Crippen LogP contribution is -2.37. The fraction of sp³-hybridized carbons (Fsp3) is 0.367. The number of carbonyl (C=O) groups is 2. The second-order valence-electron chi connectivity index (χ2n) is 10.3. The Labute approximate surface area is 224 Å². The minimum Gasteiger partial charge on any atom is -0.464 e. The van der Waals surface area contributed by atoms with Crippen molar-refractivity contribution in [2.24, 2.45) is 0 Å². The molecule has 0 spiro atoms. The summed E-state index contributed by atoms with van der Waals surface area (Å²) >= 11 is 1.63. The molecule has 8 heteroatoms. The molecule has 4 heterocycles. The van der Waals surface area contributed by atoms with E-state index in [0.717, 1.165) is 29.0 Å². The maximum Gasteiger partial charge on any atom is 0.336 e. The molecule has 1 aliphatic carbocycles. The van der Waals surface area contributed by atoms with Crippen molar-refractivity contribution >= 4 is 34.1 Å². The number of nitrogens with one attached hydrogen (secondary N) is 1. The number of benzene rings is 1. The second-order valence-corrected chi connectivity index (χ2v) is 11.3. The number of Topliss-reactive ketones (excluding diaryl/α,β-unsaturated/α-hetero) is 1. The van der Waals surface area contributed by atoms with Crippen molar-refractivity contribution in [1.29, 1.82) is 0 Å². The van der Waals surface area contributed by atoms with E-state index < -0.39 is 11.9 Å². The smallest absolute Gasteiger partial charge is 0.336 e. The standard InChI is InChI=1S/C30H29NO6S/c1-16-7-8-24-20(11-16)29(33)21(15-36-24)27-26(30(34)37-14-19-5-3-9-35-19)17(2)31-22-12-18(13-23(32)28(22)27)25-6-4-10-38-25/h4,6-8,10-11,15,18-19,27,31H,3,5,9,12-14H2,1-2H3/t18-,19-,27-/m0/s1. The fourth-order valence-electron chi connectivity index (χ4n) is 5.83. The van der Waals surface area contributed by atoms with Crippen LogP contribution in [0.1, 0.15) is 60.4 Å². The quantitative estimate of drug-likeness (QED) is 0.450. The summed E-state index contributed by atoms with van der Waals surface area (Å²) in [5, 5.41) is 5.78. The molecule has 7 nitrogen and oxygen atoms in total. The van der Waals surface area contributed by atoms with Crippen LogP contribution in [0.3, 0.4) is 0 Å². The molecule has 1 aromatic carbocycles. The van der Waals surface area contributed by atoms with Crippen LogP contribution in [0.15, 0.2) is 73.7 Å². The Morgan fingerprint density at radius 3 is 2.82 bits per heavy atom. The molecule has 2 aliphatic heterocycles. The summed E-state index contributed by atoms with van der Waals surface area (Å²) in [6.07, 6.45) is 3.96. The fourth-order valence-corrected chi connectivity index (χ4v) is 6.66. The monoisotopic (exact) mass is 531 g/mol. The molecule has 6 rings (SSSR count). The number of rotatable bonds is 5. The zero-order chi connectivity index (χ0) is 26.4. The van der Waals surface area contributed by atoms with E-state index in [9.17, 15) is 14.4 Å². The van der Waals surface area contributed by atoms with E-state index in [4.69, 9.17) is 13.9 Å². The van der Waals surface area contributed by atoms with Gasteiger partial charge in [0.15, 0.2) is 11.2 Å². The third kappa shape index (κ3) is 4.41. The van der Waals surface area contributed by atoms with Gasteiger partial charge in [-0.25, -0.2) is 4.79 Å². The molecule has 1 fully saturated rings. The van der Waals surface area contributed by atoms with Crippen LogP contribution in [-0.4, -0.2) is 31.1 Å². The molecular weight excluding hydrogens is 502 g/mol. The van der Waals surface area contributed by atoms with Gasteiger partial charge in [-0.2, -0.15) is 0 Å². The molecule has 2 aromatic heterocycles. The first-order valence-corrected chi connectivity index (χ1v) is 13.9. The van der Waals surface area contributed by atoms with Gasteiger partial charge in [-0.3, -0.25) is 9.59 Å². The van der Waals surface area contributed by atoms with Crippen molar-refractivity contribution in [2.45, 2.75) is 57.5 Å². The average molecular weight is 532 g/mol. The third-order valence-electron chi connectivity index (χ3n) is 7.68. The number of thiophene rings is 1. The molecule has 0 bridgehead atoms. The van der Waals surface area contributed by atoms with Crippen LogP contribution in [-0.2, 0) is 19.1 Å². The summed E-state index contributed by atoms with van der Waals surface area (Å²) in [4.78, 5) is 42.3. The highest BCUT2D eigenvalue weighted by Gasteiger charge is 2.43. The number of carbonyl (C=O) groups excluding carboxylic acids is 2. The molecule has 3 aliphatic rings. The number of ketones is 1. The zero-order valence-corrected chi connectivity index (χ0v) is 22.2. The van der Waals surface area contributed by atoms with E-state index in [2.05, 4.69) is 5.32 Å². The van der Waals surface area contributed by atoms with Gasteiger partial charge in [0.1, 0.15) is 12.2 Å². The van der Waals surface area contributed by atoms with Gasteiger partial charge in [0.2, 0.25) is 0 Å². The minimum absolute atomic E-state index is 0.0471. The summed E-state index contributed by atoms with van der Waals surface area (Å²) in [7, 11) is 0. The predicted molar refractivity (Wildman–Crippen MR) is 144 cm³/mol. The molecule has 196 valence electrons. The Kier molecular flexibility index (Phi) is 6.53. The van der Waals surface area contributed by atoms with E-state index in [1.807, 2.05) is 30.5 Å². The Morgan fingerprint density at radius 2 is 2.05 bits per heavy atom. The molecule has 0 saturated carbocycles. The highest BCUT2D eigenvalue weighted by molar-refractivity contribution is 7.10. The molecule has 0 unspecified atom stereocenters. The number of hydrogen-bond donors (Lipinski definition) is 1. The largest absolute Gasteiger partial charge is 0.464 e. The highest BCUT2D eigenvalue weighted by Crippen LogP contribution is 2.46. The van der Waals surface area contributed by atoms with Crippen LogP contribution in [0, 0.1) is 6.92 Å². The summed E-state index contributed by atoms with van der Waals surface area (Å²) in [5.74, 6) is -1.46. The van der Waals surface area contributed by atoms with Gasteiger partial charge in [0.05, 0.1) is 29.2 Å². The Balaban J connectivity index is 1.45. The number of hydrogen-bond acceptors (Lipinski definition) is 8. The molecule has 3 atom stereocenters. The van der Waals surface area contributed by atoms with Crippen LogP contribution < -0.4 is 10.7 Å². The molecule has 1 saturated heterocycles. The lowest BCUT2D eigenvalue weighted by Gasteiger charge is -2.36. The Morgan fingerprint density at radius 1 is 1.18 bits per heavy atom. The van der Waals surface area contributed by atoms with Gasteiger partial charge in [0.25, 0.3) is 0 Å². The van der Waals surface area contributed by atoms with E-state index in [1.165, 1.54) is 6.26 Å². The first-order valence-electron chi connectivity index (χ1n) is 13.0. The third-order valence-corrected chi connectivity index (χ3v) is 8.72. The average Bonchev–Trinajstić information content (AvgIpc) is 3.62. The molecule has 38 heavy (non-hydrogen) atoms. The van der Waals surface area contributed by atoms with Crippen LogP contribution in [0.2, 0.25) is 0 Å². The van der Waals surface area contributed by atoms with E-state index >= 15 is 0 Å². The molecular formula is C30H29NO6S. The van der Waals surface area contributed by atoms with Crippen molar-refractivity contribution in [3.8, 4) is 0 Å². The van der Waals surface area contributed by atoms with E-state index in [1.54, 1.807) is 30.4 Å². The van der Waals surface area contributed by atoms with Crippen LogP contribution in [0.25, 0.3) is 11.0 Å². The van der Waals surface area contributed by atoms with Gasteiger partial charge >= 0.3 is 5.97 Å². The number of fused-ring (bicyclic) bond motifs is 1. The Hall–Kier alpha value is -3.49. The lowest BCUT2D eigenvalue weighted by atomic mass is 9.73. The number of dihydropyridines is 1. The van der Waals surface area contributed by atoms with Crippen molar-refractivity contribution in [3.05, 3.63) is 90.7 Å². The van der Waals surface area contributed by atoms with E-state index in [-0.39, 0.29) is 41.0 Å². The minimum atomic E-state index is -0.874. The summed E-state index contributed by atoms with van der Waals surface area (Å²) in [5.41, 5.74) is 3.44. The van der Waals surface area contributed by atoms with Gasteiger partial charge < -0.3 is 19.2 Å². The first-order chi connectivity index (χ1) is 18.4. The maximum atomic E-state index is 13.8. The van der Waals surface area contributed by atoms with Gasteiger partial charge in [0, 0.05) is 46.4 Å². The van der Waals surface area contributed by atoms with Gasteiger partial charge in [-0.05, 0) is 56.7 Å². The van der Waals surface area contributed by atoms with Crippen LogP contribution in [0.5, 0.6) is 0 Å². The normalized spacial score (nSPS) is 23.5. The zero-order valence-electron chi connectivity index (χ0n) is 21.4. The highest BCUT2D eigenvalue weighted by atomic mass is 32.1. The topological polar surface area (TPSA) is 94.8 Å². The Bertz CT molecular complexity index is 1540. The first kappa shape index (κ1) is 24.8. The van der Waals surface area contributed by atoms with Crippen molar-refractivity contribution < 1.29 is 23.5 Å². The summed E-state index contributed by atoms with van der Waals surface area (Å²) in [6, 6.07) is 9.45. The van der Waals surface area contributed by atoms with Crippen molar-refractivity contribution in [1.82, 2.24) is 5.32 Å². The molecule has 1 N–H and O–H groups in total. The van der Waals surface area contributed by atoms with Crippen LogP contribution in [0.4, 0.5) is 0 Å². The van der Waals surface area contributed by atoms with Gasteiger partial charge in [-0.1, -0.05) is 17.7 Å². The SMILES string of the molecule is CC1=C(C(=O)OC[C@@H]2CCCO2)[C@H](c2coc3ccc(C)cc3c2=O)C2=C(C[C@H](c3cccs3)CC2=O)N1. The number of esters is 1. The second kappa shape index (κ2) is 10.0. The predicted octanol–water partition coefficient (Wildman–Crippen LogP) is 5.25. The van der Waals surface area contributed by atoms with Crippen molar-refractivity contribution in [3.63, 3.8) is 0 Å². The van der Waals surface area contributed by atoms with Gasteiger partial charge in [-0.15, -0.1) is 11.3 Å². The van der Waals surface area contributed by atoms with E-state index in [0.29, 0.717) is 41.7 Å². The lowest BCUT2D eigenvalue weighted by molar-refractivity contribution is -0.142. The molecule has 0 amide bonds. The summed E-state index contributed by atoms with van der Waals surface area (Å²) in [6.45, 7) is 4.49. The maximum absolute atomic E-state index is 13.8. The summed E-state index contributed by atoms with van der Waals surface area (Å²) < 4.78 is 17.2. The van der Waals surface area contributed by atoms with Crippen molar-refractivity contribution in [2.75, 3.05) is 13.2 Å². The molecule has 0 radical (unpaired) electrons. The number of allylic oxidation sites excluding steroid dienone is 3.